The van der Waals surface area contributed by atoms with Gasteiger partial charge in [0.25, 0.3) is 5.91 Å². The van der Waals surface area contributed by atoms with E-state index in [4.69, 9.17) is 0 Å². The van der Waals surface area contributed by atoms with Crippen LogP contribution in [-0.4, -0.2) is 26.9 Å². The molecule has 0 atom stereocenters. The molecule has 2 heterocycles. The van der Waals surface area contributed by atoms with Gasteiger partial charge in [-0.15, -0.1) is 0 Å². The summed E-state index contributed by atoms with van der Waals surface area (Å²) in [4.78, 5) is 15.4. The van der Waals surface area contributed by atoms with Crippen LogP contribution < -0.4 is 5.43 Å². The highest BCUT2D eigenvalue weighted by atomic mass is 16.2. The van der Waals surface area contributed by atoms with Gasteiger partial charge >= 0.3 is 0 Å². The Kier molecular flexibility index (Phi) is 3.25. The normalized spacial score (nSPS) is 10.6. The number of rotatable bonds is 3. The van der Waals surface area contributed by atoms with Crippen molar-refractivity contribution in [2.75, 3.05) is 0 Å². The summed E-state index contributed by atoms with van der Waals surface area (Å²) in [7, 11) is 1.81. The van der Waals surface area contributed by atoms with Gasteiger partial charge in [0.15, 0.2) is 0 Å². The third kappa shape index (κ3) is 2.97. The van der Waals surface area contributed by atoms with Crippen LogP contribution >= 0.6 is 0 Å². The van der Waals surface area contributed by atoms with Crippen molar-refractivity contribution in [1.82, 2.24) is 20.2 Å². The monoisotopic (exact) mass is 229 g/mol. The highest BCUT2D eigenvalue weighted by Gasteiger charge is 2.02. The van der Waals surface area contributed by atoms with E-state index in [2.05, 4.69) is 20.6 Å². The summed E-state index contributed by atoms with van der Waals surface area (Å²) in [5.41, 5.74) is 3.70. The Labute approximate surface area is 98.0 Å². The first-order chi connectivity index (χ1) is 8.25. The van der Waals surface area contributed by atoms with E-state index >= 15 is 0 Å². The molecule has 0 spiro atoms. The van der Waals surface area contributed by atoms with Gasteiger partial charge in [-0.25, -0.2) is 5.43 Å². The van der Waals surface area contributed by atoms with Crippen LogP contribution in [0.5, 0.6) is 0 Å². The van der Waals surface area contributed by atoms with Crippen LogP contribution in [0, 0.1) is 0 Å². The second-order valence-electron chi connectivity index (χ2n) is 3.39. The van der Waals surface area contributed by atoms with Crippen LogP contribution in [0.4, 0.5) is 0 Å². The van der Waals surface area contributed by atoms with E-state index in [0.29, 0.717) is 5.56 Å². The first-order valence-corrected chi connectivity index (χ1v) is 4.98. The molecule has 0 saturated carbocycles. The van der Waals surface area contributed by atoms with E-state index in [0.717, 1.165) is 5.56 Å². The van der Waals surface area contributed by atoms with E-state index in [1.165, 1.54) is 12.4 Å². The standard InChI is InChI=1S/C11H11N5O/c1-16-8-9(6-14-16)5-13-15-11(17)10-3-2-4-12-7-10/h2-8H,1H3,(H,15,17)/b13-5+. The van der Waals surface area contributed by atoms with E-state index in [1.54, 1.807) is 35.4 Å². The Morgan fingerprint density at radius 3 is 3.06 bits per heavy atom. The lowest BCUT2D eigenvalue weighted by Crippen LogP contribution is -2.17. The number of hydrogen-bond acceptors (Lipinski definition) is 4. The van der Waals surface area contributed by atoms with Crippen molar-refractivity contribution in [1.29, 1.82) is 0 Å². The molecular formula is C11H11N5O. The van der Waals surface area contributed by atoms with E-state index in [9.17, 15) is 4.79 Å². The molecule has 1 amide bonds. The summed E-state index contributed by atoms with van der Waals surface area (Å²) in [6.45, 7) is 0. The molecular weight excluding hydrogens is 218 g/mol. The van der Waals surface area contributed by atoms with E-state index in [-0.39, 0.29) is 5.91 Å². The third-order valence-electron chi connectivity index (χ3n) is 2.03. The van der Waals surface area contributed by atoms with Gasteiger partial charge in [-0.1, -0.05) is 0 Å². The molecule has 0 fully saturated rings. The molecule has 2 aromatic heterocycles. The molecule has 0 aliphatic heterocycles. The Morgan fingerprint density at radius 2 is 2.41 bits per heavy atom. The number of carbonyl (C=O) groups is 1. The summed E-state index contributed by atoms with van der Waals surface area (Å²) in [5, 5.41) is 7.80. The van der Waals surface area contributed by atoms with Crippen molar-refractivity contribution in [2.45, 2.75) is 0 Å². The van der Waals surface area contributed by atoms with Gasteiger partial charge in [0.1, 0.15) is 0 Å². The SMILES string of the molecule is Cn1cc(/C=N/NC(=O)c2cccnc2)cn1. The van der Waals surface area contributed by atoms with Gasteiger partial charge in [-0.3, -0.25) is 14.5 Å². The molecule has 0 bridgehead atoms. The lowest BCUT2D eigenvalue weighted by Gasteiger charge is -1.97. The van der Waals surface area contributed by atoms with Crippen LogP contribution in [-0.2, 0) is 7.05 Å². The number of nitrogens with zero attached hydrogens (tertiary/aromatic N) is 4. The average Bonchev–Trinajstić information content (AvgIpc) is 2.76. The van der Waals surface area contributed by atoms with Crippen molar-refractivity contribution in [3.63, 3.8) is 0 Å². The maximum atomic E-state index is 11.6. The summed E-state index contributed by atoms with van der Waals surface area (Å²) in [6, 6.07) is 3.36. The van der Waals surface area contributed by atoms with Crippen LogP contribution in [0.25, 0.3) is 0 Å². The van der Waals surface area contributed by atoms with Gasteiger partial charge in [-0.2, -0.15) is 10.2 Å². The quantitative estimate of drug-likeness (QED) is 0.618. The van der Waals surface area contributed by atoms with Crippen LogP contribution in [0.3, 0.4) is 0 Å². The maximum Gasteiger partial charge on any atom is 0.272 e. The van der Waals surface area contributed by atoms with Gasteiger partial charge in [0.2, 0.25) is 0 Å². The van der Waals surface area contributed by atoms with Crippen LogP contribution in [0.15, 0.2) is 42.0 Å². The van der Waals surface area contributed by atoms with Crippen molar-refractivity contribution in [2.24, 2.45) is 12.1 Å². The number of hydrazone groups is 1. The zero-order valence-electron chi connectivity index (χ0n) is 9.24. The highest BCUT2D eigenvalue weighted by Crippen LogP contribution is 1.95. The fourth-order valence-electron chi connectivity index (χ4n) is 1.23. The minimum atomic E-state index is -0.293. The fourth-order valence-corrected chi connectivity index (χ4v) is 1.23. The summed E-state index contributed by atoms with van der Waals surface area (Å²) >= 11 is 0. The molecule has 2 rings (SSSR count). The Hall–Kier alpha value is -2.50. The summed E-state index contributed by atoms with van der Waals surface area (Å²) in [5.74, 6) is -0.293. The number of carbonyl (C=O) groups excluding carboxylic acids is 1. The second-order valence-corrected chi connectivity index (χ2v) is 3.39. The second kappa shape index (κ2) is 5.02. The molecule has 1 N–H and O–H groups in total. The molecule has 0 radical (unpaired) electrons. The Bertz CT molecular complexity index is 532. The van der Waals surface area contributed by atoms with Crippen LogP contribution in [0.2, 0.25) is 0 Å². The fraction of sp³-hybridized carbons (Fsp3) is 0.0909. The highest BCUT2D eigenvalue weighted by molar-refractivity contribution is 5.94. The molecule has 0 aromatic carbocycles. The molecule has 17 heavy (non-hydrogen) atoms. The van der Waals surface area contributed by atoms with Crippen molar-refractivity contribution < 1.29 is 4.79 Å². The third-order valence-corrected chi connectivity index (χ3v) is 2.03. The van der Waals surface area contributed by atoms with Gasteiger partial charge in [0.05, 0.1) is 18.0 Å². The minimum absolute atomic E-state index is 0.293. The smallest absolute Gasteiger partial charge is 0.272 e. The van der Waals surface area contributed by atoms with Crippen LogP contribution in [0.1, 0.15) is 15.9 Å². The van der Waals surface area contributed by atoms with Crippen molar-refractivity contribution in [3.05, 3.63) is 48.0 Å². The molecule has 0 unspecified atom stereocenters. The van der Waals surface area contributed by atoms with Crippen molar-refractivity contribution in [3.8, 4) is 0 Å². The largest absolute Gasteiger partial charge is 0.275 e. The number of aryl methyl sites for hydroxylation is 1. The zero-order chi connectivity index (χ0) is 12.1. The number of amides is 1. The number of hydrogen-bond donors (Lipinski definition) is 1. The molecule has 0 aliphatic rings. The van der Waals surface area contributed by atoms with Gasteiger partial charge in [-0.05, 0) is 12.1 Å². The minimum Gasteiger partial charge on any atom is -0.275 e. The van der Waals surface area contributed by atoms with E-state index in [1.807, 2.05) is 7.05 Å². The predicted octanol–water partition coefficient (Wildman–Crippen LogP) is 0.579. The molecule has 0 aliphatic carbocycles. The molecule has 6 nitrogen and oxygen atoms in total. The topological polar surface area (TPSA) is 72.2 Å². The lowest BCUT2D eigenvalue weighted by atomic mass is 10.3. The first kappa shape index (κ1) is 11.0. The van der Waals surface area contributed by atoms with Crippen molar-refractivity contribution >= 4 is 12.1 Å². The average molecular weight is 229 g/mol. The maximum absolute atomic E-state index is 11.6. The predicted molar refractivity (Wildman–Crippen MR) is 62.5 cm³/mol. The summed E-state index contributed by atoms with van der Waals surface area (Å²) in [6.07, 6.45) is 8.06. The lowest BCUT2D eigenvalue weighted by molar-refractivity contribution is 0.0955. The first-order valence-electron chi connectivity index (χ1n) is 4.98. The summed E-state index contributed by atoms with van der Waals surface area (Å²) < 4.78 is 1.66. The molecule has 2 aromatic rings. The molecule has 0 saturated heterocycles. The Morgan fingerprint density at radius 1 is 1.53 bits per heavy atom. The number of pyridine rings is 1. The zero-order valence-corrected chi connectivity index (χ0v) is 9.24. The van der Waals surface area contributed by atoms with E-state index < -0.39 is 0 Å². The number of aromatic nitrogens is 3. The molecule has 86 valence electrons. The Balaban J connectivity index is 1.95. The number of nitrogens with one attached hydrogen (secondary N) is 1. The molecule has 6 heteroatoms. The van der Waals surface area contributed by atoms with Gasteiger partial charge in [0, 0.05) is 31.2 Å². The van der Waals surface area contributed by atoms with Gasteiger partial charge < -0.3 is 0 Å².